The molecule has 0 N–H and O–H groups in total. The fourth-order valence-electron chi connectivity index (χ4n) is 3.54. The molecule has 2 aromatic rings. The highest BCUT2D eigenvalue weighted by Crippen LogP contribution is 2.37. The van der Waals surface area contributed by atoms with Gasteiger partial charge in [-0.15, -0.1) is 0 Å². The highest BCUT2D eigenvalue weighted by molar-refractivity contribution is 5.84. The molecule has 0 atom stereocenters. The Morgan fingerprint density at radius 3 is 2.37 bits per heavy atom. The van der Waals surface area contributed by atoms with Crippen molar-refractivity contribution in [2.24, 2.45) is 0 Å². The van der Waals surface area contributed by atoms with Gasteiger partial charge in [-0.05, 0) is 19.3 Å². The van der Waals surface area contributed by atoms with Crippen molar-refractivity contribution in [3.05, 3.63) is 18.0 Å². The van der Waals surface area contributed by atoms with E-state index in [2.05, 4.69) is 4.98 Å². The van der Waals surface area contributed by atoms with Crippen LogP contribution in [0.3, 0.4) is 0 Å². The summed E-state index contributed by atoms with van der Waals surface area (Å²) in [4.78, 5) is 18.0. The molecule has 0 radical (unpaired) electrons. The monoisotopic (exact) mass is 383 g/mol. The van der Waals surface area contributed by atoms with Gasteiger partial charge in [0.1, 0.15) is 6.54 Å². The maximum Gasteiger partial charge on any atom is 0.449 e. The number of carbonyl (C=O) groups is 1. The third kappa shape index (κ3) is 3.54. The number of likely N-dealkylation sites (tertiary alicyclic amines) is 1. The zero-order valence-electron chi connectivity index (χ0n) is 14.7. The Bertz CT molecular complexity index is 857. The highest BCUT2D eigenvalue weighted by atomic mass is 19.4. The first-order chi connectivity index (χ1) is 12.9. The van der Waals surface area contributed by atoms with Crippen molar-refractivity contribution in [2.75, 3.05) is 26.3 Å². The number of hydrogen-bond donors (Lipinski definition) is 0. The molecule has 2 aliphatic heterocycles. The number of carbonyl (C=O) groups excluding carboxylic acids is 1. The Hall–Kier alpha value is -2.45. The number of rotatable bonds is 2. The van der Waals surface area contributed by atoms with Gasteiger partial charge in [-0.1, -0.05) is 0 Å². The summed E-state index contributed by atoms with van der Waals surface area (Å²) < 4.78 is 52.7. The van der Waals surface area contributed by atoms with Gasteiger partial charge in [-0.3, -0.25) is 4.79 Å². The molecule has 3 heterocycles. The number of ether oxygens (including phenoxy) is 2. The standard InChI is InChI=1S/C18H20F3N3O3/c19-18(20,21)17-22-12-9-14-15(27-8-4-7-26-14)10-13(12)24(17)11-16(25)23-5-2-1-3-6-23/h9-10H,1-8,11H2. The number of aromatic nitrogens is 2. The highest BCUT2D eigenvalue weighted by Gasteiger charge is 2.38. The number of benzene rings is 1. The molecule has 1 fully saturated rings. The van der Waals surface area contributed by atoms with E-state index in [0.29, 0.717) is 44.2 Å². The van der Waals surface area contributed by atoms with Crippen LogP contribution in [0, 0.1) is 0 Å². The number of imidazole rings is 1. The second kappa shape index (κ2) is 6.94. The third-order valence-corrected chi connectivity index (χ3v) is 4.87. The average molecular weight is 383 g/mol. The molecule has 1 amide bonds. The average Bonchev–Trinajstić information content (AvgIpc) is 2.84. The van der Waals surface area contributed by atoms with E-state index >= 15 is 0 Å². The fraction of sp³-hybridized carbons (Fsp3) is 0.556. The van der Waals surface area contributed by atoms with E-state index in [-0.39, 0.29) is 16.9 Å². The summed E-state index contributed by atoms with van der Waals surface area (Å²) in [6.07, 6.45) is -1.19. The van der Waals surface area contributed by atoms with Crippen LogP contribution in [0.5, 0.6) is 11.5 Å². The molecule has 4 rings (SSSR count). The van der Waals surface area contributed by atoms with Gasteiger partial charge in [0.25, 0.3) is 0 Å². The van der Waals surface area contributed by atoms with Crippen LogP contribution < -0.4 is 9.47 Å². The number of hydrogen-bond acceptors (Lipinski definition) is 4. The Morgan fingerprint density at radius 1 is 1.04 bits per heavy atom. The second-order valence-electron chi connectivity index (χ2n) is 6.80. The molecule has 0 aliphatic carbocycles. The number of piperidine rings is 1. The Balaban J connectivity index is 1.76. The lowest BCUT2D eigenvalue weighted by molar-refractivity contribution is -0.148. The predicted octanol–water partition coefficient (Wildman–Crippen LogP) is 3.23. The lowest BCUT2D eigenvalue weighted by Crippen LogP contribution is -2.38. The van der Waals surface area contributed by atoms with Crippen molar-refractivity contribution < 1.29 is 27.4 Å². The summed E-state index contributed by atoms with van der Waals surface area (Å²) in [5.41, 5.74) is 0.356. The Morgan fingerprint density at radius 2 is 1.70 bits per heavy atom. The number of alkyl halides is 3. The molecule has 1 aromatic heterocycles. The number of nitrogens with zero attached hydrogens (tertiary/aromatic N) is 3. The van der Waals surface area contributed by atoms with Crippen molar-refractivity contribution in [2.45, 2.75) is 38.4 Å². The predicted molar refractivity (Wildman–Crippen MR) is 90.8 cm³/mol. The summed E-state index contributed by atoms with van der Waals surface area (Å²) in [5, 5.41) is 0. The van der Waals surface area contributed by atoms with Gasteiger partial charge < -0.3 is 18.9 Å². The quantitative estimate of drug-likeness (QED) is 0.799. The van der Waals surface area contributed by atoms with Crippen LogP contribution in [0.25, 0.3) is 11.0 Å². The minimum absolute atomic E-state index is 0.137. The first-order valence-electron chi connectivity index (χ1n) is 9.08. The fourth-order valence-corrected chi connectivity index (χ4v) is 3.54. The summed E-state index contributed by atoms with van der Waals surface area (Å²) in [5.74, 6) is -0.657. The molecule has 0 unspecified atom stereocenters. The zero-order chi connectivity index (χ0) is 19.0. The van der Waals surface area contributed by atoms with Crippen LogP contribution >= 0.6 is 0 Å². The Labute approximate surface area is 153 Å². The summed E-state index contributed by atoms with van der Waals surface area (Å²) in [7, 11) is 0. The van der Waals surface area contributed by atoms with Gasteiger partial charge in [-0.2, -0.15) is 13.2 Å². The van der Waals surface area contributed by atoms with Crippen molar-refractivity contribution in [1.82, 2.24) is 14.5 Å². The summed E-state index contributed by atoms with van der Waals surface area (Å²) in [6, 6.07) is 2.94. The van der Waals surface area contributed by atoms with Crippen molar-refractivity contribution in [3.63, 3.8) is 0 Å². The first kappa shape index (κ1) is 17.9. The molecule has 6 nitrogen and oxygen atoms in total. The second-order valence-corrected chi connectivity index (χ2v) is 6.80. The smallest absolute Gasteiger partial charge is 0.449 e. The minimum Gasteiger partial charge on any atom is -0.489 e. The van der Waals surface area contributed by atoms with Crippen LogP contribution in [-0.4, -0.2) is 46.7 Å². The van der Waals surface area contributed by atoms with Crippen LogP contribution in [0.15, 0.2) is 12.1 Å². The van der Waals surface area contributed by atoms with Crippen molar-refractivity contribution in [3.8, 4) is 11.5 Å². The van der Waals surface area contributed by atoms with Gasteiger partial charge in [-0.25, -0.2) is 4.98 Å². The van der Waals surface area contributed by atoms with Crippen molar-refractivity contribution >= 4 is 16.9 Å². The molecule has 1 saturated heterocycles. The van der Waals surface area contributed by atoms with Gasteiger partial charge >= 0.3 is 6.18 Å². The SMILES string of the molecule is O=C(Cn1c(C(F)(F)F)nc2cc3c(cc21)OCCCO3)N1CCCCC1. The van der Waals surface area contributed by atoms with Gasteiger partial charge in [0.2, 0.25) is 11.7 Å². The zero-order valence-corrected chi connectivity index (χ0v) is 14.7. The summed E-state index contributed by atoms with van der Waals surface area (Å²) in [6.45, 7) is 1.62. The van der Waals surface area contributed by atoms with E-state index in [9.17, 15) is 18.0 Å². The van der Waals surface area contributed by atoms with Crippen LogP contribution in [0.2, 0.25) is 0 Å². The molecule has 146 valence electrons. The van der Waals surface area contributed by atoms with Gasteiger partial charge in [0.05, 0.1) is 24.2 Å². The Kier molecular flexibility index (Phi) is 4.61. The van der Waals surface area contributed by atoms with E-state index in [1.165, 1.54) is 12.1 Å². The van der Waals surface area contributed by atoms with E-state index in [1.807, 2.05) is 0 Å². The number of fused-ring (bicyclic) bond motifs is 2. The molecule has 2 aliphatic rings. The maximum atomic E-state index is 13.6. The van der Waals surface area contributed by atoms with E-state index in [0.717, 1.165) is 23.8 Å². The molecular weight excluding hydrogens is 363 g/mol. The maximum absolute atomic E-state index is 13.6. The van der Waals surface area contributed by atoms with Gasteiger partial charge in [0, 0.05) is 31.6 Å². The van der Waals surface area contributed by atoms with Crippen LogP contribution in [-0.2, 0) is 17.5 Å². The summed E-state index contributed by atoms with van der Waals surface area (Å²) >= 11 is 0. The molecule has 0 spiro atoms. The molecular formula is C18H20F3N3O3. The van der Waals surface area contributed by atoms with Crippen LogP contribution in [0.1, 0.15) is 31.5 Å². The number of amides is 1. The normalized spacial score (nSPS) is 17.8. The minimum atomic E-state index is -4.67. The molecule has 27 heavy (non-hydrogen) atoms. The molecule has 9 heteroatoms. The van der Waals surface area contributed by atoms with Crippen LogP contribution in [0.4, 0.5) is 13.2 Å². The third-order valence-electron chi connectivity index (χ3n) is 4.87. The van der Waals surface area contributed by atoms with E-state index < -0.39 is 18.5 Å². The van der Waals surface area contributed by atoms with Gasteiger partial charge in [0.15, 0.2) is 11.5 Å². The lowest BCUT2D eigenvalue weighted by Gasteiger charge is -2.27. The largest absolute Gasteiger partial charge is 0.489 e. The molecule has 0 saturated carbocycles. The first-order valence-corrected chi connectivity index (χ1v) is 9.08. The number of halogens is 3. The van der Waals surface area contributed by atoms with E-state index in [4.69, 9.17) is 9.47 Å². The lowest BCUT2D eigenvalue weighted by atomic mass is 10.1. The molecule has 0 bridgehead atoms. The van der Waals surface area contributed by atoms with Crippen molar-refractivity contribution in [1.29, 1.82) is 0 Å². The van der Waals surface area contributed by atoms with E-state index in [1.54, 1.807) is 4.90 Å². The molecule has 1 aromatic carbocycles. The topological polar surface area (TPSA) is 56.6 Å².